The van der Waals surface area contributed by atoms with Gasteiger partial charge >= 0.3 is 6.18 Å². The standard InChI is InChI=1S/C15H14BrF3N2/c16-13-9-11(15(17,18)19)3-6-14(13)21-12-4-1-10(2-5-12)7-8-20/h1-6,9,21H,7-8,20H2. The van der Waals surface area contributed by atoms with Crippen LogP contribution in [0.3, 0.4) is 0 Å². The van der Waals surface area contributed by atoms with Crippen LogP contribution in [0.1, 0.15) is 11.1 Å². The van der Waals surface area contributed by atoms with Crippen LogP contribution in [0.25, 0.3) is 0 Å². The lowest BCUT2D eigenvalue weighted by molar-refractivity contribution is -0.137. The molecule has 0 fully saturated rings. The van der Waals surface area contributed by atoms with E-state index < -0.39 is 11.7 Å². The van der Waals surface area contributed by atoms with Crippen molar-refractivity contribution >= 4 is 27.3 Å². The van der Waals surface area contributed by atoms with Crippen molar-refractivity contribution in [1.29, 1.82) is 0 Å². The molecule has 6 heteroatoms. The van der Waals surface area contributed by atoms with E-state index in [-0.39, 0.29) is 0 Å². The smallest absolute Gasteiger partial charge is 0.355 e. The number of alkyl halides is 3. The third-order valence-electron chi connectivity index (χ3n) is 2.96. The lowest BCUT2D eigenvalue weighted by Crippen LogP contribution is -2.05. The highest BCUT2D eigenvalue weighted by atomic mass is 79.9. The molecule has 0 radical (unpaired) electrons. The average molecular weight is 359 g/mol. The van der Waals surface area contributed by atoms with Crippen LogP contribution in [-0.2, 0) is 12.6 Å². The first-order valence-corrected chi connectivity index (χ1v) is 7.12. The predicted molar refractivity (Wildman–Crippen MR) is 81.6 cm³/mol. The molecule has 0 bridgehead atoms. The maximum Gasteiger partial charge on any atom is 0.416 e. The maximum atomic E-state index is 12.6. The van der Waals surface area contributed by atoms with Gasteiger partial charge in [-0.05, 0) is 64.8 Å². The van der Waals surface area contributed by atoms with Crippen LogP contribution in [0, 0.1) is 0 Å². The van der Waals surface area contributed by atoms with Gasteiger partial charge in [0.05, 0.1) is 11.3 Å². The highest BCUT2D eigenvalue weighted by Gasteiger charge is 2.30. The number of hydrogen-bond acceptors (Lipinski definition) is 2. The van der Waals surface area contributed by atoms with Gasteiger partial charge in [-0.3, -0.25) is 0 Å². The van der Waals surface area contributed by atoms with Crippen LogP contribution >= 0.6 is 15.9 Å². The van der Waals surface area contributed by atoms with Crippen molar-refractivity contribution in [3.8, 4) is 0 Å². The summed E-state index contributed by atoms with van der Waals surface area (Å²) in [4.78, 5) is 0. The molecule has 0 amide bonds. The SMILES string of the molecule is NCCc1ccc(Nc2ccc(C(F)(F)F)cc2Br)cc1. The molecule has 0 heterocycles. The molecular weight excluding hydrogens is 345 g/mol. The molecule has 0 aliphatic rings. The summed E-state index contributed by atoms with van der Waals surface area (Å²) in [5.74, 6) is 0. The molecule has 0 spiro atoms. The van der Waals surface area contributed by atoms with E-state index in [4.69, 9.17) is 5.73 Å². The molecule has 112 valence electrons. The van der Waals surface area contributed by atoms with Crippen molar-refractivity contribution in [1.82, 2.24) is 0 Å². The number of nitrogens with one attached hydrogen (secondary N) is 1. The van der Waals surface area contributed by atoms with Crippen LogP contribution in [0.4, 0.5) is 24.5 Å². The number of hydrogen-bond donors (Lipinski definition) is 2. The highest BCUT2D eigenvalue weighted by molar-refractivity contribution is 9.10. The van der Waals surface area contributed by atoms with Gasteiger partial charge in [0.2, 0.25) is 0 Å². The average Bonchev–Trinajstić information content (AvgIpc) is 2.42. The second-order valence-electron chi connectivity index (χ2n) is 4.55. The van der Waals surface area contributed by atoms with E-state index in [1.165, 1.54) is 6.07 Å². The number of nitrogens with two attached hydrogens (primary N) is 1. The highest BCUT2D eigenvalue weighted by Crippen LogP contribution is 2.34. The van der Waals surface area contributed by atoms with Crippen molar-refractivity contribution in [2.45, 2.75) is 12.6 Å². The van der Waals surface area contributed by atoms with Crippen molar-refractivity contribution in [2.24, 2.45) is 5.73 Å². The van der Waals surface area contributed by atoms with Crippen molar-refractivity contribution in [2.75, 3.05) is 11.9 Å². The van der Waals surface area contributed by atoms with Gasteiger partial charge in [0.25, 0.3) is 0 Å². The molecule has 0 unspecified atom stereocenters. The van der Waals surface area contributed by atoms with Gasteiger partial charge in [-0.15, -0.1) is 0 Å². The molecule has 0 aliphatic heterocycles. The molecular formula is C15H14BrF3N2. The van der Waals surface area contributed by atoms with Crippen LogP contribution in [0.2, 0.25) is 0 Å². The summed E-state index contributed by atoms with van der Waals surface area (Å²) in [7, 11) is 0. The molecule has 2 rings (SSSR count). The molecule has 0 saturated heterocycles. The number of benzene rings is 2. The first-order valence-electron chi connectivity index (χ1n) is 6.33. The molecule has 0 atom stereocenters. The van der Waals surface area contributed by atoms with Crippen molar-refractivity contribution in [3.63, 3.8) is 0 Å². The quantitative estimate of drug-likeness (QED) is 0.830. The third-order valence-corrected chi connectivity index (χ3v) is 3.62. The summed E-state index contributed by atoms with van der Waals surface area (Å²) < 4.78 is 38.1. The molecule has 0 aromatic heterocycles. The van der Waals surface area contributed by atoms with Gasteiger partial charge < -0.3 is 11.1 Å². The Balaban J connectivity index is 2.16. The number of halogens is 4. The van der Waals surface area contributed by atoms with E-state index in [0.29, 0.717) is 16.7 Å². The fraction of sp³-hybridized carbons (Fsp3) is 0.200. The van der Waals surface area contributed by atoms with Gasteiger partial charge in [0, 0.05) is 10.2 Å². The number of anilines is 2. The first-order chi connectivity index (χ1) is 9.90. The van der Waals surface area contributed by atoms with Crippen LogP contribution in [0.15, 0.2) is 46.9 Å². The topological polar surface area (TPSA) is 38.0 Å². The Morgan fingerprint density at radius 1 is 1.05 bits per heavy atom. The minimum absolute atomic E-state index is 0.364. The molecule has 0 saturated carbocycles. The lowest BCUT2D eigenvalue weighted by Gasteiger charge is -2.12. The molecule has 2 aromatic rings. The second kappa shape index (κ2) is 6.49. The molecule has 2 aromatic carbocycles. The Morgan fingerprint density at radius 3 is 2.24 bits per heavy atom. The first kappa shape index (κ1) is 15.9. The van der Waals surface area contributed by atoms with Crippen molar-refractivity contribution in [3.05, 3.63) is 58.1 Å². The second-order valence-corrected chi connectivity index (χ2v) is 5.41. The Morgan fingerprint density at radius 2 is 1.71 bits per heavy atom. The van der Waals surface area contributed by atoms with Gasteiger partial charge in [-0.1, -0.05) is 12.1 Å². The Hall–Kier alpha value is -1.53. The van der Waals surface area contributed by atoms with E-state index in [1.807, 2.05) is 24.3 Å². The minimum Gasteiger partial charge on any atom is -0.355 e. The predicted octanol–water partition coefficient (Wildman–Crippen LogP) is 4.71. The number of rotatable bonds is 4. The minimum atomic E-state index is -4.34. The largest absolute Gasteiger partial charge is 0.416 e. The normalized spacial score (nSPS) is 11.5. The van der Waals surface area contributed by atoms with Gasteiger partial charge in [-0.2, -0.15) is 13.2 Å². The van der Waals surface area contributed by atoms with Crippen LogP contribution in [0.5, 0.6) is 0 Å². The van der Waals surface area contributed by atoms with E-state index in [2.05, 4.69) is 21.2 Å². The molecule has 0 aliphatic carbocycles. The third kappa shape index (κ3) is 4.22. The van der Waals surface area contributed by atoms with Crippen LogP contribution < -0.4 is 11.1 Å². The Bertz CT molecular complexity index is 609. The van der Waals surface area contributed by atoms with Gasteiger partial charge in [0.1, 0.15) is 0 Å². The lowest BCUT2D eigenvalue weighted by atomic mass is 10.1. The Kier molecular flexibility index (Phi) is 4.90. The summed E-state index contributed by atoms with van der Waals surface area (Å²) in [5, 5.41) is 3.07. The summed E-state index contributed by atoms with van der Waals surface area (Å²) in [6.07, 6.45) is -3.55. The van der Waals surface area contributed by atoms with E-state index >= 15 is 0 Å². The zero-order valence-electron chi connectivity index (χ0n) is 11.0. The van der Waals surface area contributed by atoms with E-state index in [0.717, 1.165) is 29.8 Å². The fourth-order valence-electron chi connectivity index (χ4n) is 1.87. The Labute approximate surface area is 129 Å². The van der Waals surface area contributed by atoms with Gasteiger partial charge in [0.15, 0.2) is 0 Å². The summed E-state index contributed by atoms with van der Waals surface area (Å²) >= 11 is 3.16. The van der Waals surface area contributed by atoms with Gasteiger partial charge in [-0.25, -0.2) is 0 Å². The summed E-state index contributed by atoms with van der Waals surface area (Å²) in [5.41, 5.74) is 7.30. The monoisotopic (exact) mass is 358 g/mol. The maximum absolute atomic E-state index is 12.6. The summed E-state index contributed by atoms with van der Waals surface area (Å²) in [6, 6.07) is 11.1. The fourth-order valence-corrected chi connectivity index (χ4v) is 2.35. The molecule has 3 N–H and O–H groups in total. The molecule has 21 heavy (non-hydrogen) atoms. The van der Waals surface area contributed by atoms with Crippen molar-refractivity contribution < 1.29 is 13.2 Å². The molecule has 2 nitrogen and oxygen atoms in total. The zero-order chi connectivity index (χ0) is 15.5. The zero-order valence-corrected chi connectivity index (χ0v) is 12.6. The van der Waals surface area contributed by atoms with Crippen LogP contribution in [-0.4, -0.2) is 6.54 Å². The summed E-state index contributed by atoms with van der Waals surface area (Å²) in [6.45, 7) is 0.581. The van der Waals surface area contributed by atoms with E-state index in [1.54, 1.807) is 0 Å². The van der Waals surface area contributed by atoms with E-state index in [9.17, 15) is 13.2 Å².